The van der Waals surface area contributed by atoms with Crippen LogP contribution in [0.2, 0.25) is 0 Å². The van der Waals surface area contributed by atoms with Gasteiger partial charge in [-0.3, -0.25) is 9.48 Å². The molecule has 3 aliphatic rings. The monoisotopic (exact) mass is 621 g/mol. The molecule has 1 saturated carbocycles. The number of ether oxygens (including phenoxy) is 1. The number of alkyl halides is 3. The van der Waals surface area contributed by atoms with Crippen LogP contribution in [-0.2, 0) is 16.6 Å². The molecule has 2 aliphatic heterocycles. The van der Waals surface area contributed by atoms with Gasteiger partial charge in [-0.25, -0.2) is 14.4 Å². The lowest BCUT2D eigenvalue weighted by Crippen LogP contribution is -2.41. The summed E-state index contributed by atoms with van der Waals surface area (Å²) in [6.45, 7) is 6.97. The number of amides is 1. The number of hydrogen-bond donors (Lipinski definition) is 1. The second-order valence-corrected chi connectivity index (χ2v) is 14.1. The minimum atomic E-state index is -4.25. The molecular formula is C28H34F3N7O4S. The zero-order valence-electron chi connectivity index (χ0n) is 24.2. The number of carbonyl (C=O) groups is 1. The van der Waals surface area contributed by atoms with Gasteiger partial charge in [-0.2, -0.15) is 26.7 Å². The Morgan fingerprint density at radius 1 is 1.16 bits per heavy atom. The Balaban J connectivity index is 1.30. The van der Waals surface area contributed by atoms with Crippen molar-refractivity contribution in [3.63, 3.8) is 0 Å². The largest absolute Gasteiger partial charge is 0.477 e. The molecule has 1 saturated heterocycles. The van der Waals surface area contributed by atoms with Crippen molar-refractivity contribution in [2.75, 3.05) is 18.1 Å². The van der Waals surface area contributed by atoms with Gasteiger partial charge in [0.1, 0.15) is 5.82 Å². The molecule has 15 heteroatoms. The summed E-state index contributed by atoms with van der Waals surface area (Å²) in [7, 11) is -4.25. The topological polar surface area (TPSA) is 124 Å². The number of carbonyl (C=O) groups excluding carboxylic acids is 1. The molecule has 4 bridgehead atoms. The first-order valence-corrected chi connectivity index (χ1v) is 15.8. The first-order valence-electron chi connectivity index (χ1n) is 14.3. The van der Waals surface area contributed by atoms with Crippen LogP contribution in [0.3, 0.4) is 0 Å². The van der Waals surface area contributed by atoms with Gasteiger partial charge in [-0.05, 0) is 77.3 Å². The van der Waals surface area contributed by atoms with E-state index in [1.165, 1.54) is 28.9 Å². The molecule has 1 aliphatic carbocycles. The predicted molar refractivity (Wildman–Crippen MR) is 150 cm³/mol. The Kier molecular flexibility index (Phi) is 7.01. The number of nitrogens with one attached hydrogen (secondary N) is 1. The molecule has 0 aromatic carbocycles. The molecule has 3 aromatic rings. The first kappa shape index (κ1) is 29.5. The van der Waals surface area contributed by atoms with Gasteiger partial charge < -0.3 is 9.64 Å². The van der Waals surface area contributed by atoms with Gasteiger partial charge in [0.05, 0.1) is 17.6 Å². The average Bonchev–Trinajstić information content (AvgIpc) is 3.25. The van der Waals surface area contributed by atoms with E-state index in [2.05, 4.69) is 28.8 Å². The van der Waals surface area contributed by atoms with Gasteiger partial charge in [0, 0.05) is 42.7 Å². The molecular weight excluding hydrogens is 587 g/mol. The predicted octanol–water partition coefficient (Wildman–Crippen LogP) is 4.40. The van der Waals surface area contributed by atoms with Crippen molar-refractivity contribution in [1.29, 1.82) is 0 Å². The molecule has 1 amide bonds. The molecule has 0 spiro atoms. The molecule has 0 radical (unpaired) electrons. The van der Waals surface area contributed by atoms with Crippen LogP contribution in [0.15, 0.2) is 35.5 Å². The normalized spacial score (nSPS) is 22.4. The standard InChI is InChI=1S/C28H34F3N7O4S/c1-18-15-23-34-37(18)12-4-5-19-16-26(2,3)36(17-19)24-20(25(39)35-43(23,40)41)6-7-21(32-24)38-13-8-22(33-38)42-14-11-27(9-10-27)28(29,30)31/h6-8,13,15,19H,4-5,9-12,14,16-17H2,1-3H3,(H,35,39). The molecule has 11 nitrogen and oxygen atoms in total. The van der Waals surface area contributed by atoms with Crippen molar-refractivity contribution in [2.45, 2.75) is 82.6 Å². The summed E-state index contributed by atoms with van der Waals surface area (Å²) >= 11 is 0. The van der Waals surface area contributed by atoms with Crippen molar-refractivity contribution < 1.29 is 31.1 Å². The highest BCUT2D eigenvalue weighted by atomic mass is 32.2. The summed E-state index contributed by atoms with van der Waals surface area (Å²) in [6, 6.07) is 6.02. The highest BCUT2D eigenvalue weighted by Crippen LogP contribution is 2.59. The van der Waals surface area contributed by atoms with Crippen LogP contribution >= 0.6 is 0 Å². The third kappa shape index (κ3) is 5.58. The fraction of sp³-hybridized carbons (Fsp3) is 0.571. The quantitative estimate of drug-likeness (QED) is 0.445. The second-order valence-electron chi connectivity index (χ2n) is 12.4. The second kappa shape index (κ2) is 10.2. The molecule has 3 aromatic heterocycles. The minimum absolute atomic E-state index is 0.0831. The summed E-state index contributed by atoms with van der Waals surface area (Å²) in [4.78, 5) is 20.3. The van der Waals surface area contributed by atoms with Crippen LogP contribution in [0, 0.1) is 18.3 Å². The zero-order chi connectivity index (χ0) is 30.8. The smallest absolute Gasteiger partial charge is 0.394 e. The van der Waals surface area contributed by atoms with E-state index in [0.717, 1.165) is 19.3 Å². The van der Waals surface area contributed by atoms with E-state index >= 15 is 0 Å². The van der Waals surface area contributed by atoms with Crippen LogP contribution in [0.1, 0.15) is 68.4 Å². The van der Waals surface area contributed by atoms with E-state index < -0.39 is 27.5 Å². The molecule has 232 valence electrons. The molecule has 43 heavy (non-hydrogen) atoms. The summed E-state index contributed by atoms with van der Waals surface area (Å²) < 4.78 is 76.8. The molecule has 2 fully saturated rings. The molecule has 1 atom stereocenters. The van der Waals surface area contributed by atoms with Crippen molar-refractivity contribution in [1.82, 2.24) is 29.3 Å². The van der Waals surface area contributed by atoms with Gasteiger partial charge in [0.25, 0.3) is 15.9 Å². The van der Waals surface area contributed by atoms with E-state index in [0.29, 0.717) is 36.3 Å². The van der Waals surface area contributed by atoms with Crippen molar-refractivity contribution in [2.24, 2.45) is 11.3 Å². The van der Waals surface area contributed by atoms with Crippen LogP contribution in [0.4, 0.5) is 19.0 Å². The average molecular weight is 622 g/mol. The van der Waals surface area contributed by atoms with E-state index in [1.54, 1.807) is 17.8 Å². The van der Waals surface area contributed by atoms with E-state index in [1.807, 2.05) is 4.90 Å². The number of sulfonamides is 1. The summed E-state index contributed by atoms with van der Waals surface area (Å²) in [5.74, 6) is 0.290. The number of nitrogens with zero attached hydrogens (tertiary/aromatic N) is 6. The SMILES string of the molecule is Cc1cc2nn1CCCC1CN(c3nc(-n4ccc(OCCC5(C(F)(F)F)CC5)n4)ccc3C(=O)NS2(=O)=O)C(C)(C)C1. The van der Waals surface area contributed by atoms with Crippen LogP contribution < -0.4 is 14.4 Å². The number of aryl methyl sites for hydroxylation is 2. The summed E-state index contributed by atoms with van der Waals surface area (Å²) in [5.41, 5.74) is -1.26. The van der Waals surface area contributed by atoms with Crippen LogP contribution in [-0.4, -0.2) is 63.7 Å². The third-order valence-corrected chi connectivity index (χ3v) is 10.1. The molecule has 5 heterocycles. The van der Waals surface area contributed by atoms with Crippen molar-refractivity contribution in [3.05, 3.63) is 41.7 Å². The Morgan fingerprint density at radius 3 is 2.65 bits per heavy atom. The number of fused-ring (bicyclic) bond motifs is 6. The Labute approximate surface area is 247 Å². The summed E-state index contributed by atoms with van der Waals surface area (Å²) in [5, 5.41) is 8.36. The van der Waals surface area contributed by atoms with Gasteiger partial charge >= 0.3 is 6.18 Å². The van der Waals surface area contributed by atoms with Gasteiger partial charge in [0.2, 0.25) is 5.88 Å². The fourth-order valence-corrected chi connectivity index (χ4v) is 7.18. The Bertz CT molecular complexity index is 1660. The number of aromatic nitrogens is 5. The lowest BCUT2D eigenvalue weighted by Gasteiger charge is -2.34. The highest BCUT2D eigenvalue weighted by Gasteiger charge is 2.62. The number of halogens is 3. The maximum Gasteiger partial charge on any atom is 0.394 e. The Hall–Kier alpha value is -3.62. The van der Waals surface area contributed by atoms with Gasteiger partial charge in [0.15, 0.2) is 10.8 Å². The number of pyridine rings is 1. The zero-order valence-corrected chi connectivity index (χ0v) is 25.0. The van der Waals surface area contributed by atoms with E-state index in [4.69, 9.17) is 9.72 Å². The third-order valence-electron chi connectivity index (χ3n) is 8.85. The van der Waals surface area contributed by atoms with Gasteiger partial charge in [-0.1, -0.05) is 0 Å². The maximum atomic E-state index is 13.5. The van der Waals surface area contributed by atoms with Crippen molar-refractivity contribution >= 4 is 21.7 Å². The number of anilines is 1. The fourth-order valence-electron chi connectivity index (χ4n) is 6.19. The molecule has 1 N–H and O–H groups in total. The molecule has 6 rings (SSSR count). The Morgan fingerprint density at radius 2 is 1.93 bits per heavy atom. The first-order chi connectivity index (χ1) is 20.2. The number of rotatable bonds is 5. The maximum absolute atomic E-state index is 13.5. The van der Waals surface area contributed by atoms with Crippen LogP contribution in [0.25, 0.3) is 5.82 Å². The van der Waals surface area contributed by atoms with Gasteiger partial charge in [-0.15, -0.1) is 5.10 Å². The number of hydrogen-bond acceptors (Lipinski definition) is 8. The molecule has 1 unspecified atom stereocenters. The highest BCUT2D eigenvalue weighted by molar-refractivity contribution is 7.90. The minimum Gasteiger partial charge on any atom is -0.477 e. The van der Waals surface area contributed by atoms with E-state index in [9.17, 15) is 26.4 Å². The lowest BCUT2D eigenvalue weighted by molar-refractivity contribution is -0.190. The van der Waals surface area contributed by atoms with E-state index in [-0.39, 0.29) is 47.9 Å². The van der Waals surface area contributed by atoms with Crippen LogP contribution in [0.5, 0.6) is 5.88 Å². The summed E-state index contributed by atoms with van der Waals surface area (Å²) in [6.07, 6.45) is -0.0441. The lowest BCUT2D eigenvalue weighted by atomic mass is 9.93. The van der Waals surface area contributed by atoms with Crippen molar-refractivity contribution in [3.8, 4) is 11.7 Å².